The Balaban J connectivity index is 2.18. The van der Waals surface area contributed by atoms with Crippen molar-refractivity contribution >= 4 is 22.3 Å². The summed E-state index contributed by atoms with van der Waals surface area (Å²) in [5.41, 5.74) is 3.55. The van der Waals surface area contributed by atoms with Crippen LogP contribution >= 0.6 is 0 Å². The van der Waals surface area contributed by atoms with Gasteiger partial charge in [-0.1, -0.05) is 30.3 Å². The average Bonchev–Trinajstić information content (AvgIpc) is 2.53. The van der Waals surface area contributed by atoms with E-state index in [1.807, 2.05) is 66.5 Å². The third-order valence-electron chi connectivity index (χ3n) is 3.37. The molecule has 0 aliphatic rings. The van der Waals surface area contributed by atoms with Gasteiger partial charge < -0.3 is 4.90 Å². The van der Waals surface area contributed by atoms with Crippen LogP contribution in [0.4, 0.5) is 11.4 Å². The minimum absolute atomic E-state index is 0.663. The molecule has 0 bridgehead atoms. The van der Waals surface area contributed by atoms with Gasteiger partial charge in [-0.25, -0.2) is 0 Å². The van der Waals surface area contributed by atoms with Crippen LogP contribution in [0.5, 0.6) is 0 Å². The molecular weight excluding hydrogens is 246 g/mol. The molecular formula is C17H13N3. The quantitative estimate of drug-likeness (QED) is 0.701. The highest BCUT2D eigenvalue weighted by atomic mass is 15.1. The van der Waals surface area contributed by atoms with Gasteiger partial charge >= 0.3 is 0 Å². The van der Waals surface area contributed by atoms with Crippen molar-refractivity contribution in [1.29, 1.82) is 5.26 Å². The molecule has 0 radical (unpaired) electrons. The highest BCUT2D eigenvalue weighted by Gasteiger charge is 2.11. The van der Waals surface area contributed by atoms with E-state index in [1.165, 1.54) is 0 Å². The van der Waals surface area contributed by atoms with Gasteiger partial charge in [0, 0.05) is 18.6 Å². The molecule has 1 heterocycles. The van der Waals surface area contributed by atoms with Gasteiger partial charge in [-0.3, -0.25) is 4.98 Å². The van der Waals surface area contributed by atoms with Crippen molar-refractivity contribution < 1.29 is 0 Å². The summed E-state index contributed by atoms with van der Waals surface area (Å²) in [4.78, 5) is 6.40. The maximum atomic E-state index is 9.24. The second-order valence-electron chi connectivity index (χ2n) is 4.54. The number of para-hydroxylation sites is 2. The van der Waals surface area contributed by atoms with Crippen LogP contribution in [-0.4, -0.2) is 12.0 Å². The maximum Gasteiger partial charge on any atom is 0.101 e. The Morgan fingerprint density at radius 1 is 0.950 bits per heavy atom. The molecule has 1 aromatic heterocycles. The number of hydrogen-bond donors (Lipinski definition) is 0. The highest BCUT2D eigenvalue weighted by Crippen LogP contribution is 2.31. The number of pyridine rings is 1. The van der Waals surface area contributed by atoms with E-state index >= 15 is 0 Å². The molecule has 3 aromatic rings. The number of nitrogens with zero attached hydrogens (tertiary/aromatic N) is 3. The number of nitriles is 1. The Hall–Kier alpha value is -2.86. The number of rotatable bonds is 2. The van der Waals surface area contributed by atoms with E-state index in [-0.39, 0.29) is 0 Å². The van der Waals surface area contributed by atoms with Crippen LogP contribution < -0.4 is 4.90 Å². The molecule has 0 spiro atoms. The fraction of sp³-hybridized carbons (Fsp3) is 0.0588. The summed E-state index contributed by atoms with van der Waals surface area (Å²) in [5, 5.41) is 10.3. The molecule has 0 saturated heterocycles. The van der Waals surface area contributed by atoms with Gasteiger partial charge in [0.1, 0.15) is 6.07 Å². The first-order valence-electron chi connectivity index (χ1n) is 6.38. The Morgan fingerprint density at radius 2 is 1.70 bits per heavy atom. The van der Waals surface area contributed by atoms with Crippen molar-refractivity contribution in [2.75, 3.05) is 11.9 Å². The fourth-order valence-corrected chi connectivity index (χ4v) is 2.36. The summed E-state index contributed by atoms with van der Waals surface area (Å²) in [5.74, 6) is 0. The maximum absolute atomic E-state index is 9.24. The van der Waals surface area contributed by atoms with Crippen molar-refractivity contribution in [3.63, 3.8) is 0 Å². The molecule has 0 aliphatic carbocycles. The number of anilines is 2. The van der Waals surface area contributed by atoms with Crippen molar-refractivity contribution in [3.8, 4) is 6.07 Å². The van der Waals surface area contributed by atoms with Crippen LogP contribution in [0.1, 0.15) is 5.56 Å². The molecule has 0 amide bonds. The molecule has 0 unspecified atom stereocenters. The van der Waals surface area contributed by atoms with Crippen LogP contribution in [0.15, 0.2) is 60.8 Å². The SMILES string of the molecule is CN(c1ccccc1C#N)c1ccnc2ccccc12. The minimum Gasteiger partial charge on any atom is -0.343 e. The Morgan fingerprint density at radius 3 is 2.55 bits per heavy atom. The molecule has 3 nitrogen and oxygen atoms in total. The minimum atomic E-state index is 0.663. The van der Waals surface area contributed by atoms with Crippen molar-refractivity contribution in [2.24, 2.45) is 0 Å². The lowest BCUT2D eigenvalue weighted by atomic mass is 10.1. The monoisotopic (exact) mass is 259 g/mol. The van der Waals surface area contributed by atoms with Gasteiger partial charge in [0.05, 0.1) is 22.5 Å². The summed E-state index contributed by atoms with van der Waals surface area (Å²) in [7, 11) is 1.97. The topological polar surface area (TPSA) is 39.9 Å². The van der Waals surface area contributed by atoms with E-state index in [0.29, 0.717) is 5.56 Å². The van der Waals surface area contributed by atoms with Gasteiger partial charge in [0.15, 0.2) is 0 Å². The Kier molecular flexibility index (Phi) is 3.06. The molecule has 3 heteroatoms. The summed E-state index contributed by atoms with van der Waals surface area (Å²) < 4.78 is 0. The zero-order valence-electron chi connectivity index (χ0n) is 11.1. The molecule has 2 aromatic carbocycles. The lowest BCUT2D eigenvalue weighted by molar-refractivity contribution is 1.20. The summed E-state index contributed by atoms with van der Waals surface area (Å²) in [6, 6.07) is 19.8. The van der Waals surface area contributed by atoms with Crippen molar-refractivity contribution in [3.05, 3.63) is 66.4 Å². The van der Waals surface area contributed by atoms with Gasteiger partial charge in [-0.2, -0.15) is 5.26 Å². The number of benzene rings is 2. The van der Waals surface area contributed by atoms with Crippen LogP contribution in [0, 0.1) is 11.3 Å². The molecule has 96 valence electrons. The predicted octanol–water partition coefficient (Wildman–Crippen LogP) is 3.87. The van der Waals surface area contributed by atoms with Crippen molar-refractivity contribution in [2.45, 2.75) is 0 Å². The Bertz CT molecular complexity index is 797. The predicted molar refractivity (Wildman–Crippen MR) is 81.0 cm³/mol. The summed E-state index contributed by atoms with van der Waals surface area (Å²) in [6.07, 6.45) is 1.79. The number of hydrogen-bond acceptors (Lipinski definition) is 3. The first-order chi connectivity index (χ1) is 9.81. The number of aromatic nitrogens is 1. The molecule has 0 atom stereocenters. The van der Waals surface area contributed by atoms with E-state index < -0.39 is 0 Å². The molecule has 3 rings (SSSR count). The lowest BCUT2D eigenvalue weighted by Crippen LogP contribution is -2.11. The van der Waals surface area contributed by atoms with E-state index in [9.17, 15) is 5.26 Å². The lowest BCUT2D eigenvalue weighted by Gasteiger charge is -2.22. The smallest absolute Gasteiger partial charge is 0.101 e. The molecule has 0 saturated carbocycles. The fourth-order valence-electron chi connectivity index (χ4n) is 2.36. The summed E-state index contributed by atoms with van der Waals surface area (Å²) in [6.45, 7) is 0. The first kappa shape index (κ1) is 12.2. The van der Waals surface area contributed by atoms with E-state index in [4.69, 9.17) is 0 Å². The van der Waals surface area contributed by atoms with Gasteiger partial charge in [-0.05, 0) is 24.3 Å². The van der Waals surface area contributed by atoms with Crippen molar-refractivity contribution in [1.82, 2.24) is 4.98 Å². The normalized spacial score (nSPS) is 10.2. The first-order valence-corrected chi connectivity index (χ1v) is 6.38. The van der Waals surface area contributed by atoms with E-state index in [1.54, 1.807) is 6.20 Å². The summed E-state index contributed by atoms with van der Waals surface area (Å²) >= 11 is 0. The average molecular weight is 259 g/mol. The zero-order chi connectivity index (χ0) is 13.9. The third kappa shape index (κ3) is 1.98. The largest absolute Gasteiger partial charge is 0.343 e. The second kappa shape index (κ2) is 5.02. The van der Waals surface area contributed by atoms with Crippen LogP contribution in [0.2, 0.25) is 0 Å². The Labute approximate surface area is 117 Å². The molecule has 20 heavy (non-hydrogen) atoms. The molecule has 0 fully saturated rings. The highest BCUT2D eigenvalue weighted by molar-refractivity contribution is 5.93. The number of fused-ring (bicyclic) bond motifs is 1. The van der Waals surface area contributed by atoms with E-state index in [0.717, 1.165) is 22.3 Å². The zero-order valence-corrected chi connectivity index (χ0v) is 11.1. The standard InChI is InChI=1S/C17H13N3/c1-20(16-9-5-2-6-13(16)12-18)17-10-11-19-15-8-4-3-7-14(15)17/h2-11H,1H3. The van der Waals surface area contributed by atoms with Gasteiger partial charge in [0.2, 0.25) is 0 Å². The third-order valence-corrected chi connectivity index (χ3v) is 3.37. The van der Waals surface area contributed by atoms with Gasteiger partial charge in [-0.15, -0.1) is 0 Å². The van der Waals surface area contributed by atoms with E-state index in [2.05, 4.69) is 11.1 Å². The van der Waals surface area contributed by atoms with Crippen LogP contribution in [0.25, 0.3) is 10.9 Å². The van der Waals surface area contributed by atoms with Crippen LogP contribution in [-0.2, 0) is 0 Å². The van der Waals surface area contributed by atoms with Crippen LogP contribution in [0.3, 0.4) is 0 Å². The second-order valence-corrected chi connectivity index (χ2v) is 4.54. The molecule has 0 N–H and O–H groups in total. The van der Waals surface area contributed by atoms with Gasteiger partial charge in [0.25, 0.3) is 0 Å². The molecule has 0 aliphatic heterocycles.